The maximum absolute atomic E-state index is 10.7. The van der Waals surface area contributed by atoms with Gasteiger partial charge in [0.15, 0.2) is 0 Å². The Morgan fingerprint density at radius 3 is 2.50 bits per heavy atom. The molecule has 0 aliphatic heterocycles. The van der Waals surface area contributed by atoms with Crippen molar-refractivity contribution < 1.29 is 5.11 Å². The first-order valence-electron chi connectivity index (χ1n) is 7.53. The average Bonchev–Trinajstić information content (AvgIpc) is 2.36. The zero-order chi connectivity index (χ0) is 14.8. The Bertz CT molecular complexity index is 445. The number of hydrogen-bond donors (Lipinski definition) is 2. The predicted molar refractivity (Wildman–Crippen MR) is 81.6 cm³/mol. The van der Waals surface area contributed by atoms with Crippen LogP contribution in [-0.4, -0.2) is 27.2 Å². The molecule has 2 rings (SSSR count). The van der Waals surface area contributed by atoms with Gasteiger partial charge in [0.2, 0.25) is 0 Å². The van der Waals surface area contributed by atoms with Crippen LogP contribution in [0.2, 0.25) is 0 Å². The van der Waals surface area contributed by atoms with E-state index >= 15 is 0 Å². The monoisotopic (exact) mass is 277 g/mol. The molecule has 4 nitrogen and oxygen atoms in total. The van der Waals surface area contributed by atoms with E-state index in [4.69, 9.17) is 0 Å². The van der Waals surface area contributed by atoms with E-state index in [-0.39, 0.29) is 0 Å². The zero-order valence-electron chi connectivity index (χ0n) is 13.1. The number of aryl methyl sites for hydroxylation is 1. The standard InChI is InChI=1S/C16H27N3O/c1-12-9-17-10-14(19-12)18-11-16(20)7-5-13(6-8-16)15(2,3)4/h9-10,13,20H,5-8,11H2,1-4H3,(H,18,19). The lowest BCUT2D eigenvalue weighted by molar-refractivity contribution is -0.0143. The molecule has 2 N–H and O–H groups in total. The summed E-state index contributed by atoms with van der Waals surface area (Å²) in [7, 11) is 0. The van der Waals surface area contributed by atoms with E-state index in [1.54, 1.807) is 12.4 Å². The fourth-order valence-corrected chi connectivity index (χ4v) is 3.00. The zero-order valence-corrected chi connectivity index (χ0v) is 13.1. The van der Waals surface area contributed by atoms with E-state index < -0.39 is 5.60 Å². The van der Waals surface area contributed by atoms with Crippen molar-refractivity contribution in [1.82, 2.24) is 9.97 Å². The number of nitrogens with zero attached hydrogens (tertiary/aromatic N) is 2. The Balaban J connectivity index is 1.88. The largest absolute Gasteiger partial charge is 0.388 e. The molecule has 0 amide bonds. The molecular formula is C16H27N3O. The second-order valence-electron chi connectivity index (χ2n) is 7.26. The van der Waals surface area contributed by atoms with E-state index in [2.05, 4.69) is 36.1 Å². The summed E-state index contributed by atoms with van der Waals surface area (Å²) in [6.45, 7) is 9.36. The molecule has 0 bridgehead atoms. The molecule has 1 aliphatic rings. The highest BCUT2D eigenvalue weighted by molar-refractivity contribution is 5.32. The van der Waals surface area contributed by atoms with Crippen LogP contribution in [0.1, 0.15) is 52.1 Å². The van der Waals surface area contributed by atoms with Crippen LogP contribution in [0, 0.1) is 18.3 Å². The molecular weight excluding hydrogens is 250 g/mol. The van der Waals surface area contributed by atoms with Gasteiger partial charge >= 0.3 is 0 Å². The first-order chi connectivity index (χ1) is 9.28. The van der Waals surface area contributed by atoms with Gasteiger partial charge in [0.05, 0.1) is 17.5 Å². The van der Waals surface area contributed by atoms with Crippen LogP contribution in [0.5, 0.6) is 0 Å². The summed E-state index contributed by atoms with van der Waals surface area (Å²) in [5.74, 6) is 1.46. The molecule has 0 spiro atoms. The van der Waals surface area contributed by atoms with Gasteiger partial charge in [0, 0.05) is 12.7 Å². The Labute approximate surface area is 122 Å². The third kappa shape index (κ3) is 3.92. The number of anilines is 1. The van der Waals surface area contributed by atoms with Gasteiger partial charge in [-0.15, -0.1) is 0 Å². The van der Waals surface area contributed by atoms with Gasteiger partial charge in [0.1, 0.15) is 5.82 Å². The molecule has 1 saturated carbocycles. The Hall–Kier alpha value is -1.16. The van der Waals surface area contributed by atoms with Crippen LogP contribution < -0.4 is 5.32 Å². The van der Waals surface area contributed by atoms with Gasteiger partial charge in [-0.3, -0.25) is 4.98 Å². The van der Waals surface area contributed by atoms with Crippen molar-refractivity contribution in [3.63, 3.8) is 0 Å². The van der Waals surface area contributed by atoms with Crippen LogP contribution in [0.4, 0.5) is 5.82 Å². The van der Waals surface area contributed by atoms with Gasteiger partial charge in [-0.1, -0.05) is 20.8 Å². The molecule has 112 valence electrons. The Kier molecular flexibility index (Phi) is 4.33. The summed E-state index contributed by atoms with van der Waals surface area (Å²) >= 11 is 0. The van der Waals surface area contributed by atoms with Crippen molar-refractivity contribution >= 4 is 5.82 Å². The lowest BCUT2D eigenvalue weighted by Crippen LogP contribution is -2.42. The minimum Gasteiger partial charge on any atom is -0.388 e. The smallest absolute Gasteiger partial charge is 0.144 e. The fraction of sp³-hybridized carbons (Fsp3) is 0.750. The molecule has 1 aromatic heterocycles. The predicted octanol–water partition coefficient (Wildman–Crippen LogP) is 3.16. The average molecular weight is 277 g/mol. The lowest BCUT2D eigenvalue weighted by atomic mass is 9.68. The second-order valence-corrected chi connectivity index (χ2v) is 7.26. The van der Waals surface area contributed by atoms with Gasteiger partial charge in [-0.05, 0) is 43.9 Å². The Morgan fingerprint density at radius 1 is 1.30 bits per heavy atom. The minimum absolute atomic E-state index is 0.344. The first-order valence-corrected chi connectivity index (χ1v) is 7.53. The number of aliphatic hydroxyl groups is 1. The number of aromatic nitrogens is 2. The highest BCUT2D eigenvalue weighted by Crippen LogP contribution is 2.41. The minimum atomic E-state index is -0.604. The maximum Gasteiger partial charge on any atom is 0.144 e. The Morgan fingerprint density at radius 2 is 1.95 bits per heavy atom. The molecule has 1 aromatic rings. The van der Waals surface area contributed by atoms with E-state index in [1.165, 1.54) is 0 Å². The summed E-state index contributed by atoms with van der Waals surface area (Å²) in [5.41, 5.74) is 0.627. The highest BCUT2D eigenvalue weighted by atomic mass is 16.3. The van der Waals surface area contributed by atoms with Crippen LogP contribution in [0.3, 0.4) is 0 Å². The van der Waals surface area contributed by atoms with Crippen molar-refractivity contribution in [2.24, 2.45) is 11.3 Å². The summed E-state index contributed by atoms with van der Waals surface area (Å²) in [4.78, 5) is 8.47. The van der Waals surface area contributed by atoms with Crippen molar-refractivity contribution in [3.8, 4) is 0 Å². The fourth-order valence-electron chi connectivity index (χ4n) is 3.00. The molecule has 20 heavy (non-hydrogen) atoms. The molecule has 1 aliphatic carbocycles. The lowest BCUT2D eigenvalue weighted by Gasteiger charge is -2.41. The molecule has 0 radical (unpaired) electrons. The summed E-state index contributed by atoms with van der Waals surface area (Å²) in [6, 6.07) is 0. The number of nitrogens with one attached hydrogen (secondary N) is 1. The number of hydrogen-bond acceptors (Lipinski definition) is 4. The van der Waals surface area contributed by atoms with Gasteiger partial charge < -0.3 is 10.4 Å². The van der Waals surface area contributed by atoms with Crippen molar-refractivity contribution in [2.45, 2.75) is 59.0 Å². The molecule has 0 saturated heterocycles. The quantitative estimate of drug-likeness (QED) is 0.891. The second kappa shape index (κ2) is 5.68. The summed E-state index contributed by atoms with van der Waals surface area (Å²) in [6.07, 6.45) is 7.36. The van der Waals surface area contributed by atoms with E-state index in [0.717, 1.165) is 37.2 Å². The third-order valence-corrected chi connectivity index (χ3v) is 4.49. The van der Waals surface area contributed by atoms with E-state index in [9.17, 15) is 5.11 Å². The van der Waals surface area contributed by atoms with Gasteiger partial charge in [-0.2, -0.15) is 0 Å². The van der Waals surface area contributed by atoms with Gasteiger partial charge in [-0.25, -0.2) is 4.98 Å². The van der Waals surface area contributed by atoms with Crippen LogP contribution >= 0.6 is 0 Å². The molecule has 4 heteroatoms. The van der Waals surface area contributed by atoms with Crippen LogP contribution in [-0.2, 0) is 0 Å². The molecule has 0 unspecified atom stereocenters. The number of rotatable bonds is 3. The molecule has 1 heterocycles. The SMILES string of the molecule is Cc1cncc(NCC2(O)CCC(C(C)(C)C)CC2)n1. The van der Waals surface area contributed by atoms with Crippen molar-refractivity contribution in [1.29, 1.82) is 0 Å². The molecule has 0 atom stereocenters. The maximum atomic E-state index is 10.7. The van der Waals surface area contributed by atoms with E-state index in [0.29, 0.717) is 17.9 Å². The van der Waals surface area contributed by atoms with Crippen LogP contribution in [0.15, 0.2) is 12.4 Å². The first kappa shape index (κ1) is 15.2. The van der Waals surface area contributed by atoms with E-state index in [1.807, 2.05) is 6.92 Å². The normalized spacial score (nSPS) is 27.4. The van der Waals surface area contributed by atoms with Crippen molar-refractivity contribution in [2.75, 3.05) is 11.9 Å². The molecule has 0 aromatic carbocycles. The van der Waals surface area contributed by atoms with Crippen molar-refractivity contribution in [3.05, 3.63) is 18.1 Å². The van der Waals surface area contributed by atoms with Gasteiger partial charge in [0.25, 0.3) is 0 Å². The highest BCUT2D eigenvalue weighted by Gasteiger charge is 2.37. The summed E-state index contributed by atoms with van der Waals surface area (Å²) < 4.78 is 0. The topological polar surface area (TPSA) is 58.0 Å². The molecule has 1 fully saturated rings. The summed E-state index contributed by atoms with van der Waals surface area (Å²) in [5, 5.41) is 13.9. The van der Waals surface area contributed by atoms with Crippen LogP contribution in [0.25, 0.3) is 0 Å². The third-order valence-electron chi connectivity index (χ3n) is 4.49.